The molecular formula is C14H24. The van der Waals surface area contributed by atoms with Crippen LogP contribution in [0.15, 0.2) is 38.0 Å². The average Bonchev–Trinajstić information content (AvgIpc) is 2.16. The van der Waals surface area contributed by atoms with Crippen LogP contribution >= 0.6 is 0 Å². The molecule has 0 saturated heterocycles. The van der Waals surface area contributed by atoms with E-state index in [0.717, 1.165) is 5.92 Å². The molecule has 0 heterocycles. The summed E-state index contributed by atoms with van der Waals surface area (Å²) in [5, 5.41) is 0. The van der Waals surface area contributed by atoms with Crippen LogP contribution in [0.1, 0.15) is 27.2 Å². The lowest BCUT2D eigenvalue weighted by Crippen LogP contribution is -2.28. The number of rotatable bonds is 3. The lowest BCUT2D eigenvalue weighted by atomic mass is 9.68. The summed E-state index contributed by atoms with van der Waals surface area (Å²) < 4.78 is 0. The normalized spacial score (nSPS) is 36.6. The van der Waals surface area contributed by atoms with E-state index in [9.17, 15) is 0 Å². The van der Waals surface area contributed by atoms with Gasteiger partial charge < -0.3 is 0 Å². The van der Waals surface area contributed by atoms with Crippen LogP contribution in [0.5, 0.6) is 0 Å². The van der Waals surface area contributed by atoms with Gasteiger partial charge in [0, 0.05) is 0 Å². The molecule has 1 rings (SSSR count). The molecule has 1 aliphatic carbocycles. The minimum atomic E-state index is 0. The third kappa shape index (κ3) is 2.60. The van der Waals surface area contributed by atoms with E-state index in [1.807, 2.05) is 0 Å². The lowest BCUT2D eigenvalue weighted by molar-refractivity contribution is 0.208. The summed E-state index contributed by atoms with van der Waals surface area (Å²) in [6.07, 6.45) is 8.72. The molecule has 0 nitrogen and oxygen atoms in total. The predicted octanol–water partition coefficient (Wildman–Crippen LogP) is 4.46. The zero-order valence-corrected chi connectivity index (χ0v) is 8.58. The van der Waals surface area contributed by atoms with E-state index >= 15 is 0 Å². The Kier molecular flexibility index (Phi) is 5.52. The van der Waals surface area contributed by atoms with Crippen molar-refractivity contribution >= 4 is 0 Å². The molecule has 4 unspecified atom stereocenters. The number of hydrogen-bond donors (Lipinski definition) is 0. The van der Waals surface area contributed by atoms with Gasteiger partial charge in [-0.15, -0.1) is 19.7 Å². The van der Waals surface area contributed by atoms with E-state index in [0.29, 0.717) is 17.8 Å². The van der Waals surface area contributed by atoms with Crippen molar-refractivity contribution in [2.75, 3.05) is 0 Å². The van der Waals surface area contributed by atoms with Crippen LogP contribution in [-0.4, -0.2) is 0 Å². The van der Waals surface area contributed by atoms with E-state index in [1.54, 1.807) is 0 Å². The largest absolute Gasteiger partial charge is 0.103 e. The Hall–Kier alpha value is -0.780. The Morgan fingerprint density at radius 1 is 1.00 bits per heavy atom. The molecule has 1 saturated carbocycles. The predicted molar refractivity (Wildman–Crippen MR) is 66.2 cm³/mol. The van der Waals surface area contributed by atoms with E-state index in [1.165, 1.54) is 12.8 Å². The topological polar surface area (TPSA) is 0 Å². The third-order valence-electron chi connectivity index (χ3n) is 3.31. The molecule has 0 amide bonds. The molecule has 0 aromatic rings. The fourth-order valence-corrected chi connectivity index (χ4v) is 2.51. The van der Waals surface area contributed by atoms with Crippen LogP contribution in [0.25, 0.3) is 0 Å². The highest BCUT2D eigenvalue weighted by molar-refractivity contribution is 5.02. The molecule has 0 aliphatic heterocycles. The molecule has 0 spiro atoms. The van der Waals surface area contributed by atoms with E-state index in [-0.39, 0.29) is 7.43 Å². The standard InChI is InChI=1S/C13H20.CH4/c1-5-11-8-10(4)13(7-3)12(6-2)9-11;/h5-7,10-13H,1-3,8-9H2,4H3;1H4. The highest BCUT2D eigenvalue weighted by Gasteiger charge is 2.30. The molecular weight excluding hydrogens is 168 g/mol. The summed E-state index contributed by atoms with van der Waals surface area (Å²) in [6.45, 7) is 14.0. The van der Waals surface area contributed by atoms with E-state index in [4.69, 9.17) is 0 Å². The second-order valence-electron chi connectivity index (χ2n) is 4.16. The zero-order valence-electron chi connectivity index (χ0n) is 8.58. The second-order valence-corrected chi connectivity index (χ2v) is 4.16. The van der Waals surface area contributed by atoms with Gasteiger partial charge in [-0.25, -0.2) is 0 Å². The fraction of sp³-hybridized carbons (Fsp3) is 0.571. The van der Waals surface area contributed by atoms with Gasteiger partial charge in [0.15, 0.2) is 0 Å². The van der Waals surface area contributed by atoms with Crippen molar-refractivity contribution in [3.63, 3.8) is 0 Å². The molecule has 0 heteroatoms. The molecule has 1 fully saturated rings. The summed E-state index contributed by atoms with van der Waals surface area (Å²) >= 11 is 0. The van der Waals surface area contributed by atoms with Gasteiger partial charge in [0.2, 0.25) is 0 Å². The number of allylic oxidation sites excluding steroid dienone is 3. The van der Waals surface area contributed by atoms with Gasteiger partial charge in [0.05, 0.1) is 0 Å². The SMILES string of the molecule is C.C=CC1CC(C)C(C=C)C(C=C)C1. The molecule has 0 aromatic heterocycles. The lowest BCUT2D eigenvalue weighted by Gasteiger charge is -2.36. The van der Waals surface area contributed by atoms with Gasteiger partial charge in [-0.05, 0) is 36.5 Å². The highest BCUT2D eigenvalue weighted by atomic mass is 14.3. The van der Waals surface area contributed by atoms with Gasteiger partial charge in [-0.3, -0.25) is 0 Å². The molecule has 0 bridgehead atoms. The maximum absolute atomic E-state index is 3.91. The van der Waals surface area contributed by atoms with E-state index < -0.39 is 0 Å². The van der Waals surface area contributed by atoms with Crippen molar-refractivity contribution in [3.8, 4) is 0 Å². The van der Waals surface area contributed by atoms with Crippen molar-refractivity contribution in [2.45, 2.75) is 27.2 Å². The average molecular weight is 192 g/mol. The Morgan fingerprint density at radius 2 is 1.64 bits per heavy atom. The van der Waals surface area contributed by atoms with Gasteiger partial charge in [0.1, 0.15) is 0 Å². The molecule has 0 N–H and O–H groups in total. The highest BCUT2D eigenvalue weighted by Crippen LogP contribution is 2.39. The smallest absolute Gasteiger partial charge is 0.0147 e. The van der Waals surface area contributed by atoms with Gasteiger partial charge >= 0.3 is 0 Å². The minimum absolute atomic E-state index is 0. The Labute approximate surface area is 89.4 Å². The first kappa shape index (κ1) is 13.2. The summed E-state index contributed by atoms with van der Waals surface area (Å²) in [6, 6.07) is 0. The van der Waals surface area contributed by atoms with Gasteiger partial charge in [-0.1, -0.05) is 32.6 Å². The van der Waals surface area contributed by atoms with Gasteiger partial charge in [-0.2, -0.15) is 0 Å². The van der Waals surface area contributed by atoms with Crippen LogP contribution < -0.4 is 0 Å². The summed E-state index contributed by atoms with van der Waals surface area (Å²) in [5.41, 5.74) is 0. The number of hydrogen-bond acceptors (Lipinski definition) is 0. The van der Waals surface area contributed by atoms with Crippen molar-refractivity contribution < 1.29 is 0 Å². The summed E-state index contributed by atoms with van der Waals surface area (Å²) in [5.74, 6) is 2.62. The maximum Gasteiger partial charge on any atom is -0.0147 e. The van der Waals surface area contributed by atoms with Crippen molar-refractivity contribution in [2.24, 2.45) is 23.7 Å². The van der Waals surface area contributed by atoms with Crippen molar-refractivity contribution in [1.29, 1.82) is 0 Å². The first-order valence-corrected chi connectivity index (χ1v) is 5.10. The fourth-order valence-electron chi connectivity index (χ4n) is 2.51. The second kappa shape index (κ2) is 5.85. The quantitative estimate of drug-likeness (QED) is 0.579. The third-order valence-corrected chi connectivity index (χ3v) is 3.31. The molecule has 80 valence electrons. The van der Waals surface area contributed by atoms with Crippen molar-refractivity contribution in [3.05, 3.63) is 38.0 Å². The molecule has 4 atom stereocenters. The Bertz CT molecular complexity index is 202. The van der Waals surface area contributed by atoms with E-state index in [2.05, 4.69) is 44.9 Å². The van der Waals surface area contributed by atoms with Crippen molar-refractivity contribution in [1.82, 2.24) is 0 Å². The molecule has 1 aliphatic rings. The van der Waals surface area contributed by atoms with Crippen LogP contribution in [0.4, 0.5) is 0 Å². The first-order valence-electron chi connectivity index (χ1n) is 5.10. The van der Waals surface area contributed by atoms with Crippen LogP contribution in [-0.2, 0) is 0 Å². The Morgan fingerprint density at radius 3 is 2.07 bits per heavy atom. The minimum Gasteiger partial charge on any atom is -0.103 e. The van der Waals surface area contributed by atoms with Crippen LogP contribution in [0.2, 0.25) is 0 Å². The monoisotopic (exact) mass is 192 g/mol. The zero-order chi connectivity index (χ0) is 9.84. The summed E-state index contributed by atoms with van der Waals surface area (Å²) in [7, 11) is 0. The maximum atomic E-state index is 3.91. The first-order chi connectivity index (χ1) is 6.22. The van der Waals surface area contributed by atoms with Crippen LogP contribution in [0, 0.1) is 23.7 Å². The molecule has 0 aromatic carbocycles. The van der Waals surface area contributed by atoms with Gasteiger partial charge in [0.25, 0.3) is 0 Å². The molecule has 14 heavy (non-hydrogen) atoms. The molecule has 0 radical (unpaired) electrons. The summed E-state index contributed by atoms with van der Waals surface area (Å²) in [4.78, 5) is 0. The Balaban J connectivity index is 0.00000169. The van der Waals surface area contributed by atoms with Crippen LogP contribution in [0.3, 0.4) is 0 Å².